The zero-order chi connectivity index (χ0) is 24.6. The van der Waals surface area contributed by atoms with E-state index in [-0.39, 0.29) is 12.0 Å². The fourth-order valence-corrected chi connectivity index (χ4v) is 4.62. The summed E-state index contributed by atoms with van der Waals surface area (Å²) in [6.07, 6.45) is 2.33. The van der Waals surface area contributed by atoms with Gasteiger partial charge in [-0.1, -0.05) is 29.8 Å². The minimum Gasteiger partial charge on any atom is -0.467 e. The lowest BCUT2D eigenvalue weighted by atomic mass is 10.1. The van der Waals surface area contributed by atoms with Crippen molar-refractivity contribution in [3.8, 4) is 0 Å². The number of ether oxygens (including phenoxy) is 1. The maximum Gasteiger partial charge on any atom is 0.409 e. The molecular formula is C25H31N5O4S. The molecule has 0 radical (unpaired) electrons. The van der Waals surface area contributed by atoms with E-state index in [0.717, 1.165) is 22.3 Å². The number of furan rings is 1. The molecular weight excluding hydrogens is 466 g/mol. The van der Waals surface area contributed by atoms with Gasteiger partial charge in [0, 0.05) is 57.1 Å². The molecule has 1 aliphatic rings. The first kappa shape index (κ1) is 24.7. The summed E-state index contributed by atoms with van der Waals surface area (Å²) in [5.74, 6) is 1.62. The maximum atomic E-state index is 12.9. The van der Waals surface area contributed by atoms with Gasteiger partial charge in [-0.3, -0.25) is 4.79 Å². The smallest absolute Gasteiger partial charge is 0.409 e. The molecule has 1 aliphatic heterocycles. The van der Waals surface area contributed by atoms with Gasteiger partial charge in [-0.2, -0.15) is 4.37 Å². The lowest BCUT2D eigenvalue weighted by molar-refractivity contribution is -0.132. The highest BCUT2D eigenvalue weighted by Crippen LogP contribution is 2.22. The summed E-state index contributed by atoms with van der Waals surface area (Å²) in [4.78, 5) is 35.1. The molecule has 1 saturated heterocycles. The van der Waals surface area contributed by atoms with Crippen LogP contribution in [0.2, 0.25) is 0 Å². The molecule has 0 saturated carbocycles. The number of hydrogen-bond acceptors (Lipinski definition) is 8. The van der Waals surface area contributed by atoms with Crippen LogP contribution in [0.1, 0.15) is 36.1 Å². The predicted molar refractivity (Wildman–Crippen MR) is 133 cm³/mol. The van der Waals surface area contributed by atoms with Crippen molar-refractivity contribution in [2.24, 2.45) is 0 Å². The SMILES string of the molecule is CCOC(=O)N1CCN(C(=O)CCN(Cc2ccco2)c2nc(Cc3ccc(C)cc3)ns2)CC1. The largest absolute Gasteiger partial charge is 0.467 e. The van der Waals surface area contributed by atoms with E-state index in [2.05, 4.69) is 35.6 Å². The molecule has 1 fully saturated rings. The first-order valence-corrected chi connectivity index (χ1v) is 12.6. The van der Waals surface area contributed by atoms with Crippen LogP contribution in [0.3, 0.4) is 0 Å². The molecule has 2 aromatic heterocycles. The van der Waals surface area contributed by atoms with Gasteiger partial charge in [-0.05, 0) is 31.5 Å². The third-order valence-corrected chi connectivity index (χ3v) is 6.71. The Balaban J connectivity index is 1.36. The molecule has 0 bridgehead atoms. The highest BCUT2D eigenvalue weighted by atomic mass is 32.1. The van der Waals surface area contributed by atoms with Gasteiger partial charge in [-0.15, -0.1) is 0 Å². The van der Waals surface area contributed by atoms with Gasteiger partial charge in [0.25, 0.3) is 0 Å². The van der Waals surface area contributed by atoms with E-state index in [1.54, 1.807) is 18.1 Å². The van der Waals surface area contributed by atoms with Crippen molar-refractivity contribution >= 4 is 28.7 Å². The van der Waals surface area contributed by atoms with Crippen molar-refractivity contribution in [2.45, 2.75) is 33.2 Å². The zero-order valence-corrected chi connectivity index (χ0v) is 21.0. The van der Waals surface area contributed by atoms with E-state index in [1.165, 1.54) is 17.1 Å². The molecule has 10 heteroatoms. The molecule has 35 heavy (non-hydrogen) atoms. The minimum atomic E-state index is -0.318. The van der Waals surface area contributed by atoms with Gasteiger partial charge < -0.3 is 23.9 Å². The molecule has 3 aromatic rings. The second-order valence-electron chi connectivity index (χ2n) is 8.47. The van der Waals surface area contributed by atoms with Crippen LogP contribution in [0.5, 0.6) is 0 Å². The fourth-order valence-electron chi connectivity index (χ4n) is 3.91. The van der Waals surface area contributed by atoms with E-state index >= 15 is 0 Å². The maximum absolute atomic E-state index is 12.9. The van der Waals surface area contributed by atoms with Crippen LogP contribution in [0.15, 0.2) is 47.1 Å². The van der Waals surface area contributed by atoms with Gasteiger partial charge in [0.1, 0.15) is 11.6 Å². The molecule has 1 aromatic carbocycles. The number of aryl methyl sites for hydroxylation is 1. The summed E-state index contributed by atoms with van der Waals surface area (Å²) in [7, 11) is 0. The lowest BCUT2D eigenvalue weighted by Crippen LogP contribution is -2.51. The van der Waals surface area contributed by atoms with Gasteiger partial charge in [0.2, 0.25) is 11.0 Å². The number of rotatable bonds is 9. The van der Waals surface area contributed by atoms with E-state index in [9.17, 15) is 9.59 Å². The van der Waals surface area contributed by atoms with Crippen molar-refractivity contribution in [1.82, 2.24) is 19.2 Å². The van der Waals surface area contributed by atoms with Crippen molar-refractivity contribution in [3.63, 3.8) is 0 Å². The average Bonchev–Trinajstić information content (AvgIpc) is 3.55. The third-order valence-electron chi connectivity index (χ3n) is 5.89. The summed E-state index contributed by atoms with van der Waals surface area (Å²) in [6, 6.07) is 12.1. The molecule has 9 nitrogen and oxygen atoms in total. The topological polar surface area (TPSA) is 92.0 Å². The standard InChI is InChI=1S/C25H31N5O4S/c1-3-33-25(32)29-14-12-28(13-15-29)23(31)10-11-30(18-21-5-4-16-34-21)24-26-22(27-35-24)17-20-8-6-19(2)7-9-20/h4-9,16H,3,10-15,17-18H2,1-2H3. The van der Waals surface area contributed by atoms with E-state index in [1.807, 2.05) is 21.9 Å². The monoisotopic (exact) mass is 497 g/mol. The van der Waals surface area contributed by atoms with Gasteiger partial charge >= 0.3 is 6.09 Å². The molecule has 2 amide bonds. The molecule has 0 atom stereocenters. The van der Waals surface area contributed by atoms with Crippen molar-refractivity contribution in [2.75, 3.05) is 44.2 Å². The number of aromatic nitrogens is 2. The molecule has 0 spiro atoms. The van der Waals surface area contributed by atoms with Crippen LogP contribution >= 0.6 is 11.5 Å². The normalized spacial score (nSPS) is 13.7. The number of hydrogen-bond donors (Lipinski definition) is 0. The molecule has 0 aliphatic carbocycles. The lowest BCUT2D eigenvalue weighted by Gasteiger charge is -2.34. The van der Waals surface area contributed by atoms with E-state index in [4.69, 9.17) is 14.1 Å². The number of nitrogens with zero attached hydrogens (tertiary/aromatic N) is 5. The first-order chi connectivity index (χ1) is 17.0. The van der Waals surface area contributed by atoms with Crippen LogP contribution in [0.25, 0.3) is 0 Å². The number of amides is 2. The second-order valence-corrected chi connectivity index (χ2v) is 9.20. The third kappa shape index (κ3) is 6.82. The quantitative estimate of drug-likeness (QED) is 0.445. The summed E-state index contributed by atoms with van der Waals surface area (Å²) < 4.78 is 15.2. The Morgan fingerprint density at radius 3 is 2.54 bits per heavy atom. The van der Waals surface area contributed by atoms with Crippen molar-refractivity contribution < 1.29 is 18.7 Å². The Morgan fingerprint density at radius 2 is 1.86 bits per heavy atom. The molecule has 0 N–H and O–H groups in total. The number of carbonyl (C=O) groups is 2. The number of carbonyl (C=O) groups excluding carboxylic acids is 2. The zero-order valence-electron chi connectivity index (χ0n) is 20.2. The first-order valence-electron chi connectivity index (χ1n) is 11.9. The van der Waals surface area contributed by atoms with Gasteiger partial charge in [-0.25, -0.2) is 9.78 Å². The van der Waals surface area contributed by atoms with Crippen molar-refractivity contribution in [3.05, 3.63) is 65.4 Å². The Kier molecular flexibility index (Phi) is 8.36. The van der Waals surface area contributed by atoms with Crippen molar-refractivity contribution in [1.29, 1.82) is 0 Å². The van der Waals surface area contributed by atoms with Gasteiger partial charge in [0.05, 0.1) is 19.4 Å². The van der Waals surface area contributed by atoms with Crippen LogP contribution < -0.4 is 4.90 Å². The van der Waals surface area contributed by atoms with E-state index in [0.29, 0.717) is 58.7 Å². The minimum absolute atomic E-state index is 0.0577. The number of anilines is 1. The highest BCUT2D eigenvalue weighted by Gasteiger charge is 2.25. The Labute approximate surface area is 209 Å². The Morgan fingerprint density at radius 1 is 1.11 bits per heavy atom. The second kappa shape index (κ2) is 11.8. The Hall–Kier alpha value is -3.40. The highest BCUT2D eigenvalue weighted by molar-refractivity contribution is 7.09. The predicted octanol–water partition coefficient (Wildman–Crippen LogP) is 3.73. The molecule has 186 valence electrons. The average molecular weight is 498 g/mol. The van der Waals surface area contributed by atoms with Gasteiger partial charge in [0.15, 0.2) is 0 Å². The van der Waals surface area contributed by atoms with Crippen LogP contribution in [-0.4, -0.2) is 70.5 Å². The van der Waals surface area contributed by atoms with Crippen LogP contribution in [0.4, 0.5) is 9.93 Å². The summed E-state index contributed by atoms with van der Waals surface area (Å²) >= 11 is 1.34. The summed E-state index contributed by atoms with van der Waals surface area (Å²) in [5.41, 5.74) is 2.38. The number of piperazine rings is 1. The Bertz CT molecular complexity index is 1090. The summed E-state index contributed by atoms with van der Waals surface area (Å²) in [5, 5.41) is 0.767. The fraction of sp³-hybridized carbons (Fsp3) is 0.440. The van der Waals surface area contributed by atoms with E-state index < -0.39 is 0 Å². The summed E-state index contributed by atoms with van der Waals surface area (Å²) in [6.45, 7) is 7.20. The van der Waals surface area contributed by atoms with Crippen LogP contribution in [0, 0.1) is 6.92 Å². The number of benzene rings is 1. The molecule has 4 rings (SSSR count). The van der Waals surface area contributed by atoms with Crippen LogP contribution in [-0.2, 0) is 22.5 Å². The molecule has 3 heterocycles. The molecule has 0 unspecified atom stereocenters.